The van der Waals surface area contributed by atoms with Gasteiger partial charge in [0.05, 0.1) is 10.0 Å². The highest BCUT2D eigenvalue weighted by Crippen LogP contribution is 2.33. The van der Waals surface area contributed by atoms with Gasteiger partial charge in [0, 0.05) is 0 Å². The van der Waals surface area contributed by atoms with Crippen molar-refractivity contribution in [3.8, 4) is 17.2 Å². The van der Waals surface area contributed by atoms with E-state index in [4.69, 9.17) is 4.52 Å². The van der Waals surface area contributed by atoms with Gasteiger partial charge in [0.1, 0.15) is 5.75 Å². The van der Waals surface area contributed by atoms with Crippen LogP contribution in [0.4, 0.5) is 0 Å². The van der Waals surface area contributed by atoms with Crippen LogP contribution in [0.3, 0.4) is 0 Å². The number of para-hydroxylation sites is 1. The summed E-state index contributed by atoms with van der Waals surface area (Å²) in [4.78, 5) is 4.02. The summed E-state index contributed by atoms with van der Waals surface area (Å²) in [5.74, 6) is 0.969. The summed E-state index contributed by atoms with van der Waals surface area (Å²) in [6.45, 7) is 1.72. The fourth-order valence-electron chi connectivity index (χ4n) is 1.09. The van der Waals surface area contributed by atoms with Crippen LogP contribution in [0.5, 0.6) is 5.75 Å². The third kappa shape index (κ3) is 1.50. The normalized spacial score (nSPS) is 10.4. The van der Waals surface area contributed by atoms with E-state index in [-0.39, 0.29) is 5.75 Å². The monoisotopic (exact) mass is 254 g/mol. The van der Waals surface area contributed by atoms with E-state index in [0.717, 1.165) is 0 Å². The smallest absolute Gasteiger partial charge is 0.261 e. The van der Waals surface area contributed by atoms with E-state index in [0.29, 0.717) is 21.8 Å². The molecule has 4 nitrogen and oxygen atoms in total. The van der Waals surface area contributed by atoms with E-state index in [9.17, 15) is 5.11 Å². The van der Waals surface area contributed by atoms with Gasteiger partial charge in [-0.15, -0.1) is 0 Å². The minimum atomic E-state index is 0.108. The Balaban J connectivity index is 2.57. The lowest BCUT2D eigenvalue weighted by Gasteiger charge is -2.00. The van der Waals surface area contributed by atoms with Crippen LogP contribution >= 0.6 is 15.9 Å². The van der Waals surface area contributed by atoms with E-state index >= 15 is 0 Å². The molecule has 0 aliphatic carbocycles. The van der Waals surface area contributed by atoms with Gasteiger partial charge < -0.3 is 9.63 Å². The van der Waals surface area contributed by atoms with Gasteiger partial charge >= 0.3 is 0 Å². The highest BCUT2D eigenvalue weighted by molar-refractivity contribution is 9.10. The van der Waals surface area contributed by atoms with E-state index in [2.05, 4.69) is 26.1 Å². The summed E-state index contributed by atoms with van der Waals surface area (Å²) in [7, 11) is 0. The Morgan fingerprint density at radius 3 is 2.86 bits per heavy atom. The Kier molecular flexibility index (Phi) is 2.25. The van der Waals surface area contributed by atoms with Crippen LogP contribution in [-0.4, -0.2) is 15.2 Å². The van der Waals surface area contributed by atoms with Crippen molar-refractivity contribution in [1.29, 1.82) is 0 Å². The fourth-order valence-corrected chi connectivity index (χ4v) is 1.46. The lowest BCUT2D eigenvalue weighted by Crippen LogP contribution is -1.80. The molecule has 0 saturated heterocycles. The summed E-state index contributed by atoms with van der Waals surface area (Å²) in [6.07, 6.45) is 0. The molecule has 0 fully saturated rings. The van der Waals surface area contributed by atoms with Crippen molar-refractivity contribution in [1.82, 2.24) is 10.1 Å². The standard InChI is InChI=1S/C9H7BrN2O2/c1-5-11-9(14-12-5)6-3-2-4-7(10)8(6)13/h2-4,13H,1H3. The van der Waals surface area contributed by atoms with Crippen LogP contribution in [0, 0.1) is 6.92 Å². The van der Waals surface area contributed by atoms with Crippen LogP contribution in [-0.2, 0) is 0 Å². The number of nitrogens with zero attached hydrogens (tertiary/aromatic N) is 2. The lowest BCUT2D eigenvalue weighted by atomic mass is 10.2. The molecule has 0 amide bonds. The van der Waals surface area contributed by atoms with Crippen LogP contribution in [0.2, 0.25) is 0 Å². The molecule has 0 aliphatic heterocycles. The first kappa shape index (κ1) is 9.21. The van der Waals surface area contributed by atoms with Crippen molar-refractivity contribution in [2.45, 2.75) is 6.92 Å². The van der Waals surface area contributed by atoms with Crippen LogP contribution in [0.15, 0.2) is 27.2 Å². The topological polar surface area (TPSA) is 59.2 Å². The second kappa shape index (κ2) is 3.42. The first-order valence-electron chi connectivity index (χ1n) is 3.96. The molecule has 14 heavy (non-hydrogen) atoms. The molecule has 2 rings (SSSR count). The second-order valence-corrected chi connectivity index (χ2v) is 3.64. The number of phenols is 1. The van der Waals surface area contributed by atoms with E-state index < -0.39 is 0 Å². The lowest BCUT2D eigenvalue weighted by molar-refractivity contribution is 0.419. The number of aromatic hydroxyl groups is 1. The van der Waals surface area contributed by atoms with Crippen LogP contribution in [0.25, 0.3) is 11.5 Å². The molecule has 0 atom stereocenters. The first-order chi connectivity index (χ1) is 6.68. The van der Waals surface area contributed by atoms with Crippen molar-refractivity contribution in [3.05, 3.63) is 28.5 Å². The third-order valence-electron chi connectivity index (χ3n) is 1.74. The zero-order chi connectivity index (χ0) is 10.1. The average molecular weight is 255 g/mol. The number of aromatic nitrogens is 2. The number of hydrogen-bond acceptors (Lipinski definition) is 4. The van der Waals surface area contributed by atoms with Gasteiger partial charge in [0.25, 0.3) is 5.89 Å². The maximum Gasteiger partial charge on any atom is 0.261 e. The second-order valence-electron chi connectivity index (χ2n) is 2.78. The largest absolute Gasteiger partial charge is 0.506 e. The summed E-state index contributed by atoms with van der Waals surface area (Å²) in [5.41, 5.74) is 0.528. The van der Waals surface area contributed by atoms with Gasteiger partial charge in [-0.25, -0.2) is 0 Å². The number of halogens is 1. The average Bonchev–Trinajstić information content (AvgIpc) is 2.57. The van der Waals surface area contributed by atoms with Crippen molar-refractivity contribution >= 4 is 15.9 Å². The molecule has 2 aromatic rings. The first-order valence-corrected chi connectivity index (χ1v) is 4.76. The molecule has 72 valence electrons. The Labute approximate surface area is 88.7 Å². The predicted octanol–water partition coefficient (Wildman–Crippen LogP) is 2.51. The Bertz CT molecular complexity index is 468. The Morgan fingerprint density at radius 1 is 1.43 bits per heavy atom. The number of rotatable bonds is 1. The zero-order valence-corrected chi connectivity index (χ0v) is 8.95. The molecule has 0 saturated carbocycles. The van der Waals surface area contributed by atoms with Crippen LogP contribution < -0.4 is 0 Å². The van der Waals surface area contributed by atoms with Crippen molar-refractivity contribution in [3.63, 3.8) is 0 Å². The third-order valence-corrected chi connectivity index (χ3v) is 2.38. The zero-order valence-electron chi connectivity index (χ0n) is 7.36. The van der Waals surface area contributed by atoms with Gasteiger partial charge in [-0.1, -0.05) is 11.2 Å². The summed E-state index contributed by atoms with van der Waals surface area (Å²) >= 11 is 3.21. The maximum absolute atomic E-state index is 9.69. The Morgan fingerprint density at radius 2 is 2.21 bits per heavy atom. The maximum atomic E-state index is 9.69. The van der Waals surface area contributed by atoms with Gasteiger partial charge in [-0.3, -0.25) is 0 Å². The van der Waals surface area contributed by atoms with Gasteiger partial charge in [-0.05, 0) is 35.0 Å². The molecule has 1 N–H and O–H groups in total. The summed E-state index contributed by atoms with van der Waals surface area (Å²) in [6, 6.07) is 5.24. The number of phenolic OH excluding ortho intramolecular Hbond substituents is 1. The quantitative estimate of drug-likeness (QED) is 0.850. The number of aryl methyl sites for hydroxylation is 1. The molecule has 1 heterocycles. The van der Waals surface area contributed by atoms with Crippen molar-refractivity contribution in [2.75, 3.05) is 0 Å². The fraction of sp³-hybridized carbons (Fsp3) is 0.111. The molecular formula is C9H7BrN2O2. The SMILES string of the molecule is Cc1noc(-c2cccc(Br)c2O)n1. The van der Waals surface area contributed by atoms with E-state index in [1.807, 2.05) is 0 Å². The molecule has 0 unspecified atom stereocenters. The predicted molar refractivity (Wildman–Crippen MR) is 53.8 cm³/mol. The molecule has 0 bridgehead atoms. The van der Waals surface area contributed by atoms with Crippen LogP contribution in [0.1, 0.15) is 5.82 Å². The minimum absolute atomic E-state index is 0.108. The number of benzene rings is 1. The van der Waals surface area contributed by atoms with E-state index in [1.54, 1.807) is 25.1 Å². The summed E-state index contributed by atoms with van der Waals surface area (Å²) < 4.78 is 5.55. The van der Waals surface area contributed by atoms with Crippen molar-refractivity contribution in [2.24, 2.45) is 0 Å². The number of hydrogen-bond donors (Lipinski definition) is 1. The molecule has 1 aromatic heterocycles. The molecule has 1 aromatic carbocycles. The minimum Gasteiger partial charge on any atom is -0.506 e. The molecule has 5 heteroatoms. The van der Waals surface area contributed by atoms with Gasteiger partial charge in [0.15, 0.2) is 5.82 Å². The van der Waals surface area contributed by atoms with Gasteiger partial charge in [-0.2, -0.15) is 4.98 Å². The van der Waals surface area contributed by atoms with Gasteiger partial charge in [0.2, 0.25) is 0 Å². The van der Waals surface area contributed by atoms with E-state index in [1.165, 1.54) is 0 Å². The Hall–Kier alpha value is -1.36. The molecular weight excluding hydrogens is 248 g/mol. The highest BCUT2D eigenvalue weighted by Gasteiger charge is 2.12. The molecule has 0 spiro atoms. The molecule has 0 aliphatic rings. The molecule has 0 radical (unpaired) electrons. The summed E-state index contributed by atoms with van der Waals surface area (Å²) in [5, 5.41) is 13.3. The highest BCUT2D eigenvalue weighted by atomic mass is 79.9. The van der Waals surface area contributed by atoms with Crippen molar-refractivity contribution < 1.29 is 9.63 Å².